The van der Waals surface area contributed by atoms with Gasteiger partial charge in [0.2, 0.25) is 0 Å². The molecule has 2 fully saturated rings. The van der Waals surface area contributed by atoms with Crippen molar-refractivity contribution in [2.45, 2.75) is 95.7 Å². The third kappa shape index (κ3) is 8.95. The maximum absolute atomic E-state index is 11.1. The van der Waals surface area contributed by atoms with E-state index in [1.165, 1.54) is 30.9 Å². The highest BCUT2D eigenvalue weighted by Gasteiger charge is 2.51. The minimum atomic E-state index is -2.90. The van der Waals surface area contributed by atoms with Crippen LogP contribution in [-0.4, -0.2) is 38.4 Å². The van der Waals surface area contributed by atoms with Crippen molar-refractivity contribution in [3.05, 3.63) is 132 Å². The molecule has 5 nitrogen and oxygen atoms in total. The summed E-state index contributed by atoms with van der Waals surface area (Å²) in [4.78, 5) is 12.2. The zero-order valence-electron chi connectivity index (χ0n) is 30.9. The number of allylic oxidation sites excluding steroid dienone is 3. The number of thiophene rings is 1. The molecule has 0 amide bonds. The smallest absolute Gasteiger partial charge is 0.303 e. The number of unbranched alkanes of at least 4 members (excludes halogenated alkanes) is 1. The van der Waals surface area contributed by atoms with E-state index in [0.29, 0.717) is 6.42 Å². The van der Waals surface area contributed by atoms with Crippen molar-refractivity contribution >= 4 is 46.1 Å². The maximum atomic E-state index is 11.1. The standard InChI is InChI=1S/C45H54O5SSi/c1-33-31-40(49-44-27-17-18-30-48-44)38(24-13-5-6-14-26-43(46)47)37(33)28-29-39(42-32-34-19-15-16-25-41(34)51-42)50-52(45(2,3)4,35-20-9-7-10-21-35)36-22-11-8-12-23-36/h5,7-13,15-16,19-23,25,28-29,32,37-40,44H,1,6,14,17-18,24,26-27,30-31H2,2-4H3,(H,46,47)/t37-,38+,39?,40-,44?/m0/s1. The SMILES string of the molecule is C=C1C[C@H](OC2CCCCO2)[C@H](CC=CCCCC(=O)O)[C@H]1C=CC(O[Si](c1ccccc1)(c1ccccc1)C(C)(C)C)c1cc2ccccc2s1. The zero-order chi connectivity index (χ0) is 36.6. The number of carbonyl (C=O) groups is 1. The maximum Gasteiger partial charge on any atom is 0.303 e. The van der Waals surface area contributed by atoms with Gasteiger partial charge >= 0.3 is 5.97 Å². The number of carboxylic acid groups (broad SMARTS) is 1. The Morgan fingerprint density at radius 3 is 2.33 bits per heavy atom. The van der Waals surface area contributed by atoms with E-state index in [1.54, 1.807) is 0 Å². The average Bonchev–Trinajstić information content (AvgIpc) is 3.70. The van der Waals surface area contributed by atoms with E-state index in [1.807, 2.05) is 11.3 Å². The monoisotopic (exact) mass is 734 g/mol. The molecule has 274 valence electrons. The molecule has 1 aromatic heterocycles. The number of ether oxygens (including phenoxy) is 2. The van der Waals surface area contributed by atoms with Gasteiger partial charge < -0.3 is 19.0 Å². The van der Waals surface area contributed by atoms with Crippen molar-refractivity contribution in [2.24, 2.45) is 11.8 Å². The van der Waals surface area contributed by atoms with Gasteiger partial charge in [0.15, 0.2) is 6.29 Å². The molecule has 3 aromatic carbocycles. The van der Waals surface area contributed by atoms with E-state index in [0.717, 1.165) is 45.1 Å². The molecule has 0 radical (unpaired) electrons. The van der Waals surface area contributed by atoms with Crippen LogP contribution < -0.4 is 10.4 Å². The lowest BCUT2D eigenvalue weighted by molar-refractivity contribution is -0.194. The number of carboxylic acids is 1. The molecule has 4 aromatic rings. The first kappa shape index (κ1) is 38.1. The second-order valence-corrected chi connectivity index (χ2v) is 20.7. The highest BCUT2D eigenvalue weighted by molar-refractivity contribution is 7.19. The fraction of sp³-hybridized carbons (Fsp3) is 0.400. The second kappa shape index (κ2) is 17.5. The molecule has 2 aliphatic rings. The molecule has 6 rings (SSSR count). The lowest BCUT2D eigenvalue weighted by Gasteiger charge is -2.44. The Hall–Kier alpha value is -3.59. The summed E-state index contributed by atoms with van der Waals surface area (Å²) < 4.78 is 21.8. The van der Waals surface area contributed by atoms with Gasteiger partial charge in [-0.25, -0.2) is 0 Å². The molecule has 1 saturated carbocycles. The van der Waals surface area contributed by atoms with Crippen molar-refractivity contribution in [3.8, 4) is 0 Å². The number of hydrogen-bond donors (Lipinski definition) is 1. The Bertz CT molecular complexity index is 1750. The van der Waals surface area contributed by atoms with Crippen LogP contribution in [-0.2, 0) is 18.7 Å². The van der Waals surface area contributed by atoms with E-state index in [9.17, 15) is 4.79 Å². The predicted octanol–water partition coefficient (Wildman–Crippen LogP) is 10.4. The van der Waals surface area contributed by atoms with Gasteiger partial charge in [-0.2, -0.15) is 0 Å². The Morgan fingerprint density at radius 1 is 1.00 bits per heavy atom. The number of benzene rings is 3. The summed E-state index contributed by atoms with van der Waals surface area (Å²) in [5.41, 5.74) is 1.17. The summed E-state index contributed by atoms with van der Waals surface area (Å²) in [6, 6.07) is 32.6. The van der Waals surface area contributed by atoms with Crippen LogP contribution in [0.4, 0.5) is 0 Å². The van der Waals surface area contributed by atoms with Gasteiger partial charge in [0.1, 0.15) is 0 Å². The van der Waals surface area contributed by atoms with Crippen LogP contribution in [0.15, 0.2) is 127 Å². The molecule has 7 heteroatoms. The highest BCUT2D eigenvalue weighted by Crippen LogP contribution is 2.45. The first-order valence-corrected chi connectivity index (χ1v) is 21.7. The third-order valence-corrected chi connectivity index (χ3v) is 16.8. The van der Waals surface area contributed by atoms with Crippen molar-refractivity contribution < 1.29 is 23.8 Å². The molecule has 5 atom stereocenters. The van der Waals surface area contributed by atoms with Gasteiger partial charge in [-0.3, -0.25) is 4.79 Å². The average molecular weight is 735 g/mol. The number of rotatable bonds is 15. The molecular weight excluding hydrogens is 681 g/mol. The molecule has 0 spiro atoms. The van der Waals surface area contributed by atoms with E-state index in [2.05, 4.69) is 143 Å². The first-order chi connectivity index (χ1) is 25.2. The summed E-state index contributed by atoms with van der Waals surface area (Å²) in [6.07, 6.45) is 14.8. The molecule has 1 N–H and O–H groups in total. The van der Waals surface area contributed by atoms with Crippen LogP contribution in [0, 0.1) is 11.8 Å². The minimum Gasteiger partial charge on any atom is -0.481 e. The summed E-state index contributed by atoms with van der Waals surface area (Å²) in [5.74, 6) is -0.474. The summed E-state index contributed by atoms with van der Waals surface area (Å²) in [6.45, 7) is 12.3. The lowest BCUT2D eigenvalue weighted by Crippen LogP contribution is -2.66. The fourth-order valence-corrected chi connectivity index (χ4v) is 13.8. The summed E-state index contributed by atoms with van der Waals surface area (Å²) in [7, 11) is -2.90. The fourth-order valence-electron chi connectivity index (χ4n) is 8.00. The van der Waals surface area contributed by atoms with Gasteiger partial charge in [0.05, 0.1) is 12.2 Å². The normalized spacial score (nSPS) is 22.1. The molecule has 1 aliphatic carbocycles. The predicted molar refractivity (Wildman–Crippen MR) is 217 cm³/mol. The van der Waals surface area contributed by atoms with Gasteiger partial charge in [-0.15, -0.1) is 11.3 Å². The van der Waals surface area contributed by atoms with Crippen molar-refractivity contribution in [1.82, 2.24) is 0 Å². The minimum absolute atomic E-state index is 0.00529. The van der Waals surface area contributed by atoms with Crippen LogP contribution in [0.5, 0.6) is 0 Å². The quantitative estimate of drug-likeness (QED) is 0.0748. The van der Waals surface area contributed by atoms with E-state index in [-0.39, 0.29) is 41.8 Å². The van der Waals surface area contributed by atoms with Crippen LogP contribution in [0.3, 0.4) is 0 Å². The van der Waals surface area contributed by atoms with E-state index in [4.69, 9.17) is 19.0 Å². The molecule has 1 saturated heterocycles. The van der Waals surface area contributed by atoms with Crippen LogP contribution in [0.2, 0.25) is 5.04 Å². The molecule has 2 unspecified atom stereocenters. The van der Waals surface area contributed by atoms with Crippen LogP contribution >= 0.6 is 11.3 Å². The Kier molecular flexibility index (Phi) is 12.8. The van der Waals surface area contributed by atoms with Gasteiger partial charge in [-0.1, -0.05) is 136 Å². The molecule has 52 heavy (non-hydrogen) atoms. The van der Waals surface area contributed by atoms with Gasteiger partial charge in [-0.05, 0) is 83.8 Å². The lowest BCUT2D eigenvalue weighted by atomic mass is 9.89. The second-order valence-electron chi connectivity index (χ2n) is 15.3. The Labute approximate surface area is 315 Å². The topological polar surface area (TPSA) is 65.0 Å². The summed E-state index contributed by atoms with van der Waals surface area (Å²) >= 11 is 1.81. The van der Waals surface area contributed by atoms with Gasteiger partial charge in [0, 0.05) is 28.5 Å². The highest BCUT2D eigenvalue weighted by atomic mass is 32.1. The molecule has 1 aliphatic heterocycles. The number of fused-ring (bicyclic) bond motifs is 1. The molecule has 2 heterocycles. The van der Waals surface area contributed by atoms with Crippen molar-refractivity contribution in [2.75, 3.05) is 6.61 Å². The third-order valence-electron chi connectivity index (χ3n) is 10.6. The summed E-state index contributed by atoms with van der Waals surface area (Å²) in [5, 5.41) is 12.6. The molecule has 0 bridgehead atoms. The largest absolute Gasteiger partial charge is 0.481 e. The Balaban J connectivity index is 1.38. The first-order valence-electron chi connectivity index (χ1n) is 18.9. The molecular formula is C45H54O5SSi. The van der Waals surface area contributed by atoms with Crippen LogP contribution in [0.25, 0.3) is 10.1 Å². The van der Waals surface area contributed by atoms with Gasteiger partial charge in [0.25, 0.3) is 8.32 Å². The number of hydrogen-bond acceptors (Lipinski definition) is 5. The van der Waals surface area contributed by atoms with E-state index < -0.39 is 14.3 Å². The van der Waals surface area contributed by atoms with E-state index >= 15 is 0 Å². The zero-order valence-corrected chi connectivity index (χ0v) is 32.7. The number of aliphatic carboxylic acids is 1. The Morgan fingerprint density at radius 2 is 1.69 bits per heavy atom. The van der Waals surface area contributed by atoms with Crippen LogP contribution in [0.1, 0.15) is 83.1 Å². The van der Waals surface area contributed by atoms with Crippen molar-refractivity contribution in [1.29, 1.82) is 0 Å². The van der Waals surface area contributed by atoms with Crippen molar-refractivity contribution in [3.63, 3.8) is 0 Å².